The van der Waals surface area contributed by atoms with E-state index in [4.69, 9.17) is 10.7 Å². The molecule has 1 heterocycles. The molecule has 4 heteroatoms. The van der Waals surface area contributed by atoms with E-state index in [2.05, 4.69) is 18.4 Å². The van der Waals surface area contributed by atoms with Crippen molar-refractivity contribution in [1.82, 2.24) is 9.55 Å². The summed E-state index contributed by atoms with van der Waals surface area (Å²) in [5, 5.41) is 0. The largest absolute Gasteiger partial charge is 0.328 e. The predicted octanol–water partition coefficient (Wildman–Crippen LogP) is 3.35. The van der Waals surface area contributed by atoms with Crippen LogP contribution in [0.5, 0.6) is 0 Å². The fourth-order valence-electron chi connectivity index (χ4n) is 3.17. The standard InChI is InChI=1S/C15H20FN3/c1-9(2)19-14-8-11(16)4-6-13(14)18-15(19)10-3-5-12(17)7-10/h4,6,8-10,12H,3,5,7,17H2,1-2H3. The maximum Gasteiger partial charge on any atom is 0.125 e. The van der Waals surface area contributed by atoms with Gasteiger partial charge in [-0.25, -0.2) is 9.37 Å². The Labute approximate surface area is 112 Å². The second kappa shape index (κ2) is 4.60. The van der Waals surface area contributed by atoms with Crippen LogP contribution in [0.4, 0.5) is 4.39 Å². The molecule has 2 atom stereocenters. The van der Waals surface area contributed by atoms with Gasteiger partial charge < -0.3 is 10.3 Å². The molecule has 0 spiro atoms. The number of rotatable bonds is 2. The minimum atomic E-state index is -0.205. The lowest BCUT2D eigenvalue weighted by molar-refractivity contribution is 0.535. The van der Waals surface area contributed by atoms with Crippen LogP contribution in [-0.2, 0) is 0 Å². The molecule has 102 valence electrons. The third-order valence-corrected chi connectivity index (χ3v) is 4.03. The van der Waals surface area contributed by atoms with Crippen molar-refractivity contribution in [1.29, 1.82) is 0 Å². The van der Waals surface area contributed by atoms with E-state index < -0.39 is 0 Å². The molecule has 1 aliphatic rings. The zero-order chi connectivity index (χ0) is 13.6. The minimum absolute atomic E-state index is 0.205. The minimum Gasteiger partial charge on any atom is -0.328 e. The number of benzene rings is 1. The first kappa shape index (κ1) is 12.6. The number of nitrogens with zero attached hydrogens (tertiary/aromatic N) is 2. The Kier molecular flexibility index (Phi) is 3.05. The van der Waals surface area contributed by atoms with Crippen molar-refractivity contribution in [3.05, 3.63) is 29.8 Å². The summed E-state index contributed by atoms with van der Waals surface area (Å²) in [5.41, 5.74) is 7.78. The van der Waals surface area contributed by atoms with Gasteiger partial charge >= 0.3 is 0 Å². The fraction of sp³-hybridized carbons (Fsp3) is 0.533. The Morgan fingerprint density at radius 2 is 2.16 bits per heavy atom. The highest BCUT2D eigenvalue weighted by Crippen LogP contribution is 2.36. The van der Waals surface area contributed by atoms with Crippen LogP contribution in [0.3, 0.4) is 0 Å². The van der Waals surface area contributed by atoms with Crippen LogP contribution in [0, 0.1) is 5.82 Å². The van der Waals surface area contributed by atoms with Gasteiger partial charge in [-0.15, -0.1) is 0 Å². The summed E-state index contributed by atoms with van der Waals surface area (Å²) < 4.78 is 15.6. The maximum absolute atomic E-state index is 13.5. The monoisotopic (exact) mass is 261 g/mol. The summed E-state index contributed by atoms with van der Waals surface area (Å²) in [6, 6.07) is 5.38. The molecule has 1 saturated carbocycles. The van der Waals surface area contributed by atoms with Crippen molar-refractivity contribution >= 4 is 11.0 Å². The average Bonchev–Trinajstić information content (AvgIpc) is 2.91. The first-order valence-corrected chi connectivity index (χ1v) is 6.99. The van der Waals surface area contributed by atoms with Crippen molar-refractivity contribution in [2.75, 3.05) is 0 Å². The van der Waals surface area contributed by atoms with Crippen LogP contribution in [-0.4, -0.2) is 15.6 Å². The predicted molar refractivity (Wildman–Crippen MR) is 74.6 cm³/mol. The van der Waals surface area contributed by atoms with Crippen molar-refractivity contribution in [2.45, 2.75) is 51.1 Å². The van der Waals surface area contributed by atoms with Crippen LogP contribution in [0.1, 0.15) is 50.9 Å². The number of aromatic nitrogens is 2. The van der Waals surface area contributed by atoms with Crippen LogP contribution < -0.4 is 5.73 Å². The summed E-state index contributed by atoms with van der Waals surface area (Å²) in [4.78, 5) is 4.73. The number of hydrogen-bond acceptors (Lipinski definition) is 2. The molecule has 2 unspecified atom stereocenters. The lowest BCUT2D eigenvalue weighted by Gasteiger charge is -2.17. The van der Waals surface area contributed by atoms with E-state index in [1.165, 1.54) is 6.07 Å². The second-order valence-electron chi connectivity index (χ2n) is 5.84. The molecule has 1 aliphatic carbocycles. The Balaban J connectivity index is 2.15. The average molecular weight is 261 g/mol. The van der Waals surface area contributed by atoms with Gasteiger partial charge in [-0.05, 0) is 51.3 Å². The van der Waals surface area contributed by atoms with E-state index in [0.717, 1.165) is 36.1 Å². The van der Waals surface area contributed by atoms with Crippen molar-refractivity contribution in [3.8, 4) is 0 Å². The van der Waals surface area contributed by atoms with Gasteiger partial charge in [-0.3, -0.25) is 0 Å². The number of imidazole rings is 1. The molecule has 0 amide bonds. The highest BCUT2D eigenvalue weighted by atomic mass is 19.1. The number of hydrogen-bond donors (Lipinski definition) is 1. The molecular formula is C15H20FN3. The molecule has 2 N–H and O–H groups in total. The lowest BCUT2D eigenvalue weighted by Crippen LogP contribution is -2.16. The molecule has 1 fully saturated rings. The maximum atomic E-state index is 13.5. The van der Waals surface area contributed by atoms with Gasteiger partial charge in [-0.1, -0.05) is 0 Å². The first-order valence-electron chi connectivity index (χ1n) is 6.99. The first-order chi connectivity index (χ1) is 9.06. The molecule has 0 saturated heterocycles. The third-order valence-electron chi connectivity index (χ3n) is 4.03. The number of nitrogens with two attached hydrogens (primary N) is 1. The molecule has 2 aromatic rings. The quantitative estimate of drug-likeness (QED) is 0.901. The zero-order valence-electron chi connectivity index (χ0n) is 11.4. The number of halogens is 1. The van der Waals surface area contributed by atoms with E-state index in [0.29, 0.717) is 5.92 Å². The van der Waals surface area contributed by atoms with Gasteiger partial charge in [0.05, 0.1) is 11.0 Å². The molecule has 0 aliphatic heterocycles. The normalized spacial score (nSPS) is 23.6. The SMILES string of the molecule is CC(C)n1c(C2CCC(N)C2)nc2ccc(F)cc21. The smallest absolute Gasteiger partial charge is 0.125 e. The summed E-state index contributed by atoms with van der Waals surface area (Å²) in [5.74, 6) is 1.28. The molecule has 19 heavy (non-hydrogen) atoms. The van der Waals surface area contributed by atoms with Crippen LogP contribution in [0.2, 0.25) is 0 Å². The number of fused-ring (bicyclic) bond motifs is 1. The molecule has 3 nitrogen and oxygen atoms in total. The Morgan fingerprint density at radius 3 is 2.79 bits per heavy atom. The van der Waals surface area contributed by atoms with Crippen LogP contribution in [0.15, 0.2) is 18.2 Å². The second-order valence-corrected chi connectivity index (χ2v) is 5.84. The van der Waals surface area contributed by atoms with Crippen molar-refractivity contribution in [3.63, 3.8) is 0 Å². The third kappa shape index (κ3) is 2.14. The summed E-state index contributed by atoms with van der Waals surface area (Å²) in [6.45, 7) is 4.23. The van der Waals surface area contributed by atoms with Crippen molar-refractivity contribution < 1.29 is 4.39 Å². The van der Waals surface area contributed by atoms with Crippen LogP contribution in [0.25, 0.3) is 11.0 Å². The zero-order valence-corrected chi connectivity index (χ0v) is 11.4. The summed E-state index contributed by atoms with van der Waals surface area (Å²) in [6.07, 6.45) is 3.12. The van der Waals surface area contributed by atoms with E-state index in [-0.39, 0.29) is 17.9 Å². The highest BCUT2D eigenvalue weighted by Gasteiger charge is 2.28. The molecule has 1 aromatic carbocycles. The van der Waals surface area contributed by atoms with Gasteiger partial charge in [0.2, 0.25) is 0 Å². The Bertz CT molecular complexity index is 603. The van der Waals surface area contributed by atoms with Crippen LogP contribution >= 0.6 is 0 Å². The topological polar surface area (TPSA) is 43.8 Å². The molecule has 0 radical (unpaired) electrons. The lowest BCUT2D eigenvalue weighted by atomic mass is 10.1. The molecule has 3 rings (SSSR count). The van der Waals surface area contributed by atoms with Gasteiger partial charge in [0.1, 0.15) is 11.6 Å². The Morgan fingerprint density at radius 1 is 1.37 bits per heavy atom. The van der Waals surface area contributed by atoms with E-state index in [1.54, 1.807) is 12.1 Å². The van der Waals surface area contributed by atoms with Crippen molar-refractivity contribution in [2.24, 2.45) is 5.73 Å². The van der Waals surface area contributed by atoms with E-state index >= 15 is 0 Å². The van der Waals surface area contributed by atoms with Gasteiger partial charge in [0, 0.05) is 18.0 Å². The van der Waals surface area contributed by atoms with Gasteiger partial charge in [-0.2, -0.15) is 0 Å². The summed E-state index contributed by atoms with van der Waals surface area (Å²) >= 11 is 0. The van der Waals surface area contributed by atoms with E-state index in [1.807, 2.05) is 0 Å². The molecule has 0 bridgehead atoms. The molecular weight excluding hydrogens is 241 g/mol. The molecule has 1 aromatic heterocycles. The Hall–Kier alpha value is -1.42. The highest BCUT2D eigenvalue weighted by molar-refractivity contribution is 5.76. The summed E-state index contributed by atoms with van der Waals surface area (Å²) in [7, 11) is 0. The van der Waals surface area contributed by atoms with E-state index in [9.17, 15) is 4.39 Å². The fourth-order valence-corrected chi connectivity index (χ4v) is 3.17. The van der Waals surface area contributed by atoms with Gasteiger partial charge in [0.15, 0.2) is 0 Å². The van der Waals surface area contributed by atoms with Gasteiger partial charge in [0.25, 0.3) is 0 Å².